The van der Waals surface area contributed by atoms with E-state index in [9.17, 15) is 0 Å². The Labute approximate surface area is 142 Å². The molecule has 1 aliphatic heterocycles. The summed E-state index contributed by atoms with van der Waals surface area (Å²) < 4.78 is 0. The summed E-state index contributed by atoms with van der Waals surface area (Å²) in [6.45, 7) is 5.55. The molecule has 0 unspecified atom stereocenters. The number of aromatic nitrogens is 4. The molecule has 7 nitrogen and oxygen atoms in total. The van der Waals surface area contributed by atoms with Crippen LogP contribution in [-0.4, -0.2) is 44.5 Å². The second kappa shape index (κ2) is 7.61. The van der Waals surface area contributed by atoms with Crippen LogP contribution in [0.25, 0.3) is 0 Å². The van der Waals surface area contributed by atoms with Crippen LogP contribution >= 0.6 is 0 Å². The lowest BCUT2D eigenvalue weighted by atomic mass is 10.3. The Hall–Kier alpha value is -2.15. The maximum Gasteiger partial charge on any atom is 0.227 e. The van der Waals surface area contributed by atoms with E-state index in [0.29, 0.717) is 5.92 Å². The van der Waals surface area contributed by atoms with E-state index >= 15 is 0 Å². The van der Waals surface area contributed by atoms with Gasteiger partial charge in [-0.05, 0) is 45.6 Å². The molecule has 3 N–H and O–H groups in total. The summed E-state index contributed by atoms with van der Waals surface area (Å²) in [4.78, 5) is 11.2. The lowest BCUT2D eigenvalue weighted by Gasteiger charge is -2.15. The Balaban J connectivity index is 0.000000383. The molecule has 2 aromatic rings. The predicted octanol–water partition coefficient (Wildman–Crippen LogP) is 2.81. The van der Waals surface area contributed by atoms with Crippen LogP contribution in [0.5, 0.6) is 0 Å². The fourth-order valence-corrected chi connectivity index (χ4v) is 2.62. The van der Waals surface area contributed by atoms with Gasteiger partial charge in [-0.25, -0.2) is 4.98 Å². The summed E-state index contributed by atoms with van der Waals surface area (Å²) in [5.74, 6) is 3.13. The number of anilines is 3. The van der Waals surface area contributed by atoms with E-state index < -0.39 is 0 Å². The van der Waals surface area contributed by atoms with Crippen molar-refractivity contribution in [2.24, 2.45) is 0 Å². The number of H-pyrrole nitrogens is 1. The topological polar surface area (TPSA) is 90.0 Å². The molecule has 0 aromatic carbocycles. The number of aromatic amines is 1. The molecule has 4 rings (SSSR count). The smallest absolute Gasteiger partial charge is 0.227 e. The molecule has 24 heavy (non-hydrogen) atoms. The number of nitrogens with one attached hydrogen (secondary N) is 2. The molecule has 0 bridgehead atoms. The van der Waals surface area contributed by atoms with Gasteiger partial charge in [-0.2, -0.15) is 10.1 Å². The first-order valence-corrected chi connectivity index (χ1v) is 8.70. The van der Waals surface area contributed by atoms with Crippen molar-refractivity contribution in [2.75, 3.05) is 23.3 Å². The minimum Gasteiger partial charge on any atom is -0.394 e. The van der Waals surface area contributed by atoms with Crippen molar-refractivity contribution in [1.82, 2.24) is 20.2 Å². The molecule has 130 valence electrons. The van der Waals surface area contributed by atoms with E-state index in [0.717, 1.165) is 30.7 Å². The molecule has 3 heterocycles. The van der Waals surface area contributed by atoms with E-state index in [-0.39, 0.29) is 6.10 Å². The number of hydrogen-bond donors (Lipinski definition) is 3. The highest BCUT2D eigenvalue weighted by Crippen LogP contribution is 2.39. The predicted molar refractivity (Wildman–Crippen MR) is 94.7 cm³/mol. The summed E-state index contributed by atoms with van der Waals surface area (Å²) in [6, 6.07) is 3.96. The first kappa shape index (κ1) is 16.7. The molecule has 7 heteroatoms. The molecule has 1 saturated carbocycles. The molecule has 0 amide bonds. The van der Waals surface area contributed by atoms with E-state index in [2.05, 4.69) is 36.4 Å². The van der Waals surface area contributed by atoms with Crippen molar-refractivity contribution < 1.29 is 5.11 Å². The normalized spacial score (nSPS) is 16.9. The van der Waals surface area contributed by atoms with Crippen molar-refractivity contribution >= 4 is 17.6 Å². The molecule has 2 aromatic heterocycles. The van der Waals surface area contributed by atoms with Crippen LogP contribution in [-0.2, 0) is 0 Å². The average molecular weight is 330 g/mol. The Morgan fingerprint density at radius 2 is 1.96 bits per heavy atom. The number of nitrogens with zero attached hydrogens (tertiary/aromatic N) is 4. The molecule has 0 atom stereocenters. The largest absolute Gasteiger partial charge is 0.394 e. The minimum atomic E-state index is -0.167. The lowest BCUT2D eigenvalue weighted by molar-refractivity contribution is 0.216. The van der Waals surface area contributed by atoms with Gasteiger partial charge in [0.15, 0.2) is 5.82 Å². The molecular weight excluding hydrogens is 304 g/mol. The maximum absolute atomic E-state index is 8.06. The number of hydrogen-bond acceptors (Lipinski definition) is 6. The molecule has 2 fully saturated rings. The zero-order valence-electron chi connectivity index (χ0n) is 14.4. The van der Waals surface area contributed by atoms with Gasteiger partial charge in [0.05, 0.1) is 0 Å². The standard InChI is InChI=1S/C14H18N6.C3H8O/c1-2-8-20(7-1)14-15-6-5-12(17-14)16-13-9-11(18-19-13)10-3-4-10;1-3(2)4/h5-6,9-10H,1-4,7-8H2,(H2,15,16,17,18,19);3-4H,1-2H3. The Morgan fingerprint density at radius 3 is 2.62 bits per heavy atom. The first-order chi connectivity index (χ1) is 11.6. The fourth-order valence-electron chi connectivity index (χ4n) is 2.62. The van der Waals surface area contributed by atoms with Gasteiger partial charge in [-0.3, -0.25) is 5.10 Å². The first-order valence-electron chi connectivity index (χ1n) is 8.70. The highest BCUT2D eigenvalue weighted by atomic mass is 16.3. The van der Waals surface area contributed by atoms with Gasteiger partial charge in [0.2, 0.25) is 5.95 Å². The van der Waals surface area contributed by atoms with Crippen molar-refractivity contribution in [1.29, 1.82) is 0 Å². The van der Waals surface area contributed by atoms with E-state index in [1.807, 2.05) is 6.07 Å². The number of rotatable bonds is 4. The van der Waals surface area contributed by atoms with Crippen molar-refractivity contribution in [3.63, 3.8) is 0 Å². The van der Waals surface area contributed by atoms with Crippen LogP contribution in [0, 0.1) is 0 Å². The number of aliphatic hydroxyl groups is 1. The van der Waals surface area contributed by atoms with Crippen LogP contribution in [0.4, 0.5) is 17.6 Å². The van der Waals surface area contributed by atoms with Crippen molar-refractivity contribution in [2.45, 2.75) is 51.6 Å². The number of aliphatic hydroxyl groups excluding tert-OH is 1. The summed E-state index contributed by atoms with van der Waals surface area (Å²) >= 11 is 0. The minimum absolute atomic E-state index is 0.167. The average Bonchev–Trinajstić information content (AvgIpc) is 3.06. The molecular formula is C17H26N6O. The third-order valence-electron chi connectivity index (χ3n) is 3.90. The highest BCUT2D eigenvalue weighted by molar-refractivity contribution is 5.53. The fraction of sp³-hybridized carbons (Fsp3) is 0.588. The molecule has 1 aliphatic carbocycles. The quantitative estimate of drug-likeness (QED) is 0.799. The SMILES string of the molecule is CC(C)O.c1cc(Nc2cc(C3CC3)[nH]n2)nc(N2CCCC2)n1. The van der Waals surface area contributed by atoms with Gasteiger partial charge in [0.25, 0.3) is 0 Å². The second-order valence-electron chi connectivity index (χ2n) is 6.64. The highest BCUT2D eigenvalue weighted by Gasteiger charge is 2.25. The summed E-state index contributed by atoms with van der Waals surface area (Å²) in [5, 5.41) is 18.7. The third kappa shape index (κ3) is 4.67. The summed E-state index contributed by atoms with van der Waals surface area (Å²) in [5.41, 5.74) is 1.22. The molecule has 0 spiro atoms. The molecule has 2 aliphatic rings. The van der Waals surface area contributed by atoms with Gasteiger partial charge in [0, 0.05) is 43.1 Å². The van der Waals surface area contributed by atoms with E-state index in [1.165, 1.54) is 31.4 Å². The lowest BCUT2D eigenvalue weighted by Crippen LogP contribution is -2.20. The Bertz CT molecular complexity index is 643. The summed E-state index contributed by atoms with van der Waals surface area (Å²) in [6.07, 6.45) is 6.64. The Morgan fingerprint density at radius 1 is 1.25 bits per heavy atom. The van der Waals surface area contributed by atoms with Gasteiger partial charge in [-0.15, -0.1) is 0 Å². The Kier molecular flexibility index (Phi) is 5.30. The van der Waals surface area contributed by atoms with Crippen LogP contribution in [0.2, 0.25) is 0 Å². The summed E-state index contributed by atoms with van der Waals surface area (Å²) in [7, 11) is 0. The van der Waals surface area contributed by atoms with Crippen LogP contribution < -0.4 is 10.2 Å². The third-order valence-corrected chi connectivity index (χ3v) is 3.90. The van der Waals surface area contributed by atoms with Crippen LogP contribution in [0.1, 0.15) is 51.1 Å². The van der Waals surface area contributed by atoms with Gasteiger partial charge in [-0.1, -0.05) is 0 Å². The van der Waals surface area contributed by atoms with Crippen molar-refractivity contribution in [3.8, 4) is 0 Å². The van der Waals surface area contributed by atoms with Gasteiger partial charge < -0.3 is 15.3 Å². The van der Waals surface area contributed by atoms with E-state index in [1.54, 1.807) is 20.0 Å². The molecule has 0 radical (unpaired) electrons. The van der Waals surface area contributed by atoms with Gasteiger partial charge in [0.1, 0.15) is 5.82 Å². The van der Waals surface area contributed by atoms with Crippen LogP contribution in [0.3, 0.4) is 0 Å². The van der Waals surface area contributed by atoms with Crippen LogP contribution in [0.15, 0.2) is 18.3 Å². The molecule has 1 saturated heterocycles. The monoisotopic (exact) mass is 330 g/mol. The van der Waals surface area contributed by atoms with E-state index in [4.69, 9.17) is 5.11 Å². The van der Waals surface area contributed by atoms with Gasteiger partial charge >= 0.3 is 0 Å². The zero-order valence-corrected chi connectivity index (χ0v) is 14.4. The maximum atomic E-state index is 8.06. The second-order valence-corrected chi connectivity index (χ2v) is 6.64. The zero-order chi connectivity index (χ0) is 16.9. The van der Waals surface area contributed by atoms with Crippen molar-refractivity contribution in [3.05, 3.63) is 24.0 Å².